The maximum atomic E-state index is 5.60. The molecule has 0 aliphatic heterocycles. The van der Waals surface area contributed by atoms with Crippen LogP contribution in [0.4, 0.5) is 0 Å². The zero-order valence-electron chi connectivity index (χ0n) is 8.35. The van der Waals surface area contributed by atoms with E-state index < -0.39 is 0 Å². The first-order chi connectivity index (χ1) is 6.22. The highest BCUT2D eigenvalue weighted by Gasteiger charge is 2.06. The van der Waals surface area contributed by atoms with Gasteiger partial charge in [0.2, 0.25) is 0 Å². The van der Waals surface area contributed by atoms with E-state index in [2.05, 4.69) is 32.0 Å². The summed E-state index contributed by atoms with van der Waals surface area (Å²) in [5.74, 6) is 1.03. The number of aryl methyl sites for hydroxylation is 3. The highest BCUT2D eigenvalue weighted by Crippen LogP contribution is 2.25. The quantitative estimate of drug-likeness (QED) is 0.643. The standard InChI is InChI=1S/C12H14O/c1-4-10-5-6-12-11(7-10)8(2)9(3)13-12/h5-7H,4H2,1-3H3. The van der Waals surface area contributed by atoms with Gasteiger partial charge in [-0.15, -0.1) is 0 Å². The van der Waals surface area contributed by atoms with E-state index in [9.17, 15) is 0 Å². The van der Waals surface area contributed by atoms with Crippen molar-refractivity contribution >= 4 is 11.0 Å². The highest BCUT2D eigenvalue weighted by molar-refractivity contribution is 5.82. The number of furan rings is 1. The van der Waals surface area contributed by atoms with Crippen LogP contribution in [0.25, 0.3) is 11.0 Å². The molecule has 1 aromatic carbocycles. The summed E-state index contributed by atoms with van der Waals surface area (Å²) >= 11 is 0. The van der Waals surface area contributed by atoms with Gasteiger partial charge in [0.15, 0.2) is 0 Å². The predicted octanol–water partition coefficient (Wildman–Crippen LogP) is 3.61. The highest BCUT2D eigenvalue weighted by atomic mass is 16.3. The van der Waals surface area contributed by atoms with Crippen molar-refractivity contribution in [3.63, 3.8) is 0 Å². The van der Waals surface area contributed by atoms with Crippen LogP contribution in [0.2, 0.25) is 0 Å². The summed E-state index contributed by atoms with van der Waals surface area (Å²) in [7, 11) is 0. The second-order valence-electron chi connectivity index (χ2n) is 3.47. The predicted molar refractivity (Wildman–Crippen MR) is 55.1 cm³/mol. The third-order valence-corrected chi connectivity index (χ3v) is 2.65. The first-order valence-corrected chi connectivity index (χ1v) is 4.71. The molecule has 0 aliphatic carbocycles. The minimum absolute atomic E-state index is 1.01. The molecule has 1 aromatic heterocycles. The summed E-state index contributed by atoms with van der Waals surface area (Å²) in [4.78, 5) is 0. The Morgan fingerprint density at radius 1 is 1.23 bits per heavy atom. The molecule has 0 radical (unpaired) electrons. The molecule has 0 aliphatic rings. The number of hydrogen-bond acceptors (Lipinski definition) is 1. The molecule has 0 atom stereocenters. The van der Waals surface area contributed by atoms with Crippen molar-refractivity contribution in [2.24, 2.45) is 0 Å². The van der Waals surface area contributed by atoms with Crippen molar-refractivity contribution in [2.75, 3.05) is 0 Å². The van der Waals surface area contributed by atoms with Gasteiger partial charge in [-0.2, -0.15) is 0 Å². The van der Waals surface area contributed by atoms with Gasteiger partial charge in [-0.05, 0) is 43.5 Å². The van der Waals surface area contributed by atoms with E-state index in [4.69, 9.17) is 4.42 Å². The van der Waals surface area contributed by atoms with Crippen LogP contribution in [0.5, 0.6) is 0 Å². The third kappa shape index (κ3) is 1.24. The summed E-state index contributed by atoms with van der Waals surface area (Å²) < 4.78 is 5.60. The maximum absolute atomic E-state index is 5.60. The summed E-state index contributed by atoms with van der Waals surface area (Å²) in [5, 5.41) is 1.26. The monoisotopic (exact) mass is 174 g/mol. The average molecular weight is 174 g/mol. The van der Waals surface area contributed by atoms with E-state index >= 15 is 0 Å². The lowest BCUT2D eigenvalue weighted by Crippen LogP contribution is -1.78. The molecule has 0 spiro atoms. The Morgan fingerprint density at radius 3 is 2.69 bits per heavy atom. The molecule has 1 heteroatoms. The van der Waals surface area contributed by atoms with E-state index in [-0.39, 0.29) is 0 Å². The molecule has 0 amide bonds. The maximum Gasteiger partial charge on any atom is 0.134 e. The lowest BCUT2D eigenvalue weighted by Gasteiger charge is -1.95. The Bertz CT molecular complexity index is 438. The minimum Gasteiger partial charge on any atom is -0.461 e. The molecule has 1 heterocycles. The van der Waals surface area contributed by atoms with Gasteiger partial charge in [-0.3, -0.25) is 0 Å². The first kappa shape index (κ1) is 8.36. The van der Waals surface area contributed by atoms with Gasteiger partial charge >= 0.3 is 0 Å². The molecule has 0 bridgehead atoms. The minimum atomic E-state index is 1.01. The lowest BCUT2D eigenvalue weighted by atomic mass is 10.1. The van der Waals surface area contributed by atoms with E-state index in [1.54, 1.807) is 0 Å². The Morgan fingerprint density at radius 2 is 2.00 bits per heavy atom. The molecule has 2 aromatic rings. The van der Waals surface area contributed by atoms with E-state index in [0.717, 1.165) is 17.8 Å². The Kier molecular flexibility index (Phi) is 1.87. The molecular weight excluding hydrogens is 160 g/mol. The Labute approximate surface area is 78.4 Å². The Hall–Kier alpha value is -1.24. The van der Waals surface area contributed by atoms with Crippen LogP contribution < -0.4 is 0 Å². The molecule has 1 nitrogen and oxygen atoms in total. The topological polar surface area (TPSA) is 13.1 Å². The zero-order chi connectivity index (χ0) is 9.42. The molecular formula is C12H14O. The van der Waals surface area contributed by atoms with Crippen molar-refractivity contribution in [1.82, 2.24) is 0 Å². The molecule has 13 heavy (non-hydrogen) atoms. The second-order valence-corrected chi connectivity index (χ2v) is 3.47. The first-order valence-electron chi connectivity index (χ1n) is 4.71. The Balaban J connectivity index is 2.75. The van der Waals surface area contributed by atoms with Crippen LogP contribution in [0.15, 0.2) is 22.6 Å². The summed E-state index contributed by atoms with van der Waals surface area (Å²) in [5.41, 5.74) is 3.65. The normalized spacial score (nSPS) is 11.0. The van der Waals surface area contributed by atoms with Crippen LogP contribution in [0, 0.1) is 13.8 Å². The molecule has 68 valence electrons. The largest absolute Gasteiger partial charge is 0.461 e. The number of benzene rings is 1. The fourth-order valence-electron chi connectivity index (χ4n) is 1.61. The molecule has 0 N–H and O–H groups in total. The van der Waals surface area contributed by atoms with Gasteiger partial charge < -0.3 is 4.42 Å². The van der Waals surface area contributed by atoms with Crippen molar-refractivity contribution in [3.05, 3.63) is 35.1 Å². The van der Waals surface area contributed by atoms with Crippen molar-refractivity contribution in [2.45, 2.75) is 27.2 Å². The SMILES string of the molecule is CCc1ccc2oc(C)c(C)c2c1. The van der Waals surface area contributed by atoms with E-state index in [0.29, 0.717) is 0 Å². The van der Waals surface area contributed by atoms with Crippen molar-refractivity contribution in [3.8, 4) is 0 Å². The van der Waals surface area contributed by atoms with Crippen LogP contribution in [-0.2, 0) is 6.42 Å². The molecule has 2 rings (SSSR count). The van der Waals surface area contributed by atoms with Crippen LogP contribution in [0.1, 0.15) is 23.8 Å². The van der Waals surface area contributed by atoms with Crippen LogP contribution in [-0.4, -0.2) is 0 Å². The van der Waals surface area contributed by atoms with Crippen molar-refractivity contribution in [1.29, 1.82) is 0 Å². The zero-order valence-corrected chi connectivity index (χ0v) is 8.35. The van der Waals surface area contributed by atoms with Crippen LogP contribution >= 0.6 is 0 Å². The van der Waals surface area contributed by atoms with E-state index in [1.807, 2.05) is 6.92 Å². The number of hydrogen-bond donors (Lipinski definition) is 0. The summed E-state index contributed by atoms with van der Waals surface area (Å²) in [6.07, 6.45) is 1.08. The van der Waals surface area contributed by atoms with Crippen molar-refractivity contribution < 1.29 is 4.42 Å². The van der Waals surface area contributed by atoms with Gasteiger partial charge in [0, 0.05) is 5.39 Å². The van der Waals surface area contributed by atoms with Gasteiger partial charge in [-0.1, -0.05) is 13.0 Å². The number of rotatable bonds is 1. The lowest BCUT2D eigenvalue weighted by molar-refractivity contribution is 0.575. The molecule has 0 saturated carbocycles. The molecule has 0 saturated heterocycles. The fourth-order valence-corrected chi connectivity index (χ4v) is 1.61. The second kappa shape index (κ2) is 2.91. The van der Waals surface area contributed by atoms with Crippen LogP contribution in [0.3, 0.4) is 0 Å². The average Bonchev–Trinajstić information content (AvgIpc) is 2.43. The summed E-state index contributed by atoms with van der Waals surface area (Å²) in [6.45, 7) is 6.30. The van der Waals surface area contributed by atoms with E-state index in [1.165, 1.54) is 16.5 Å². The number of fused-ring (bicyclic) bond motifs is 1. The molecule has 0 fully saturated rings. The fraction of sp³-hybridized carbons (Fsp3) is 0.333. The van der Waals surface area contributed by atoms with Gasteiger partial charge in [0.05, 0.1) is 0 Å². The van der Waals surface area contributed by atoms with Gasteiger partial charge in [0.25, 0.3) is 0 Å². The summed E-state index contributed by atoms with van der Waals surface area (Å²) in [6, 6.07) is 6.42. The van der Waals surface area contributed by atoms with Gasteiger partial charge in [0.1, 0.15) is 11.3 Å². The third-order valence-electron chi connectivity index (χ3n) is 2.65. The smallest absolute Gasteiger partial charge is 0.134 e. The molecule has 0 unspecified atom stereocenters. The van der Waals surface area contributed by atoms with Gasteiger partial charge in [-0.25, -0.2) is 0 Å².